The quantitative estimate of drug-likeness (QED) is 0.585. The molecule has 1 fully saturated rings. The summed E-state index contributed by atoms with van der Waals surface area (Å²) in [5, 5.41) is 3.66. The highest BCUT2D eigenvalue weighted by atomic mass is 14.9. The zero-order chi connectivity index (χ0) is 12.9. The predicted octanol–water partition coefficient (Wildman–Crippen LogP) is 4.47. The van der Waals surface area contributed by atoms with Crippen molar-refractivity contribution in [2.24, 2.45) is 23.2 Å². The highest BCUT2D eigenvalue weighted by Crippen LogP contribution is 2.49. The van der Waals surface area contributed by atoms with Gasteiger partial charge in [0.05, 0.1) is 0 Å². The molecular weight excluding hydrogens is 206 g/mol. The average molecular weight is 239 g/mol. The molecule has 2 atom stereocenters. The fraction of sp³-hybridized carbons (Fsp3) is 1.00. The molecule has 0 heterocycles. The van der Waals surface area contributed by atoms with E-state index < -0.39 is 0 Å². The summed E-state index contributed by atoms with van der Waals surface area (Å²) in [5.41, 5.74) is 0.559. The first-order valence-electron chi connectivity index (χ1n) is 7.68. The first kappa shape index (κ1) is 15.0. The van der Waals surface area contributed by atoms with Crippen LogP contribution in [0.5, 0.6) is 0 Å². The Labute approximate surface area is 109 Å². The maximum absolute atomic E-state index is 3.66. The van der Waals surface area contributed by atoms with E-state index in [4.69, 9.17) is 0 Å². The fourth-order valence-electron chi connectivity index (χ4n) is 3.40. The van der Waals surface area contributed by atoms with Gasteiger partial charge in [-0.2, -0.15) is 0 Å². The minimum Gasteiger partial charge on any atom is -0.316 e. The van der Waals surface area contributed by atoms with Gasteiger partial charge in [-0.25, -0.2) is 0 Å². The van der Waals surface area contributed by atoms with Crippen LogP contribution in [0, 0.1) is 23.2 Å². The zero-order valence-corrected chi connectivity index (χ0v) is 12.7. The van der Waals surface area contributed by atoms with Crippen molar-refractivity contribution in [1.29, 1.82) is 0 Å². The van der Waals surface area contributed by atoms with Crippen molar-refractivity contribution in [1.82, 2.24) is 5.32 Å². The number of hydrogen-bond acceptors (Lipinski definition) is 1. The Bertz CT molecular complexity index is 208. The second-order valence-electron chi connectivity index (χ2n) is 7.04. The Morgan fingerprint density at radius 3 is 2.35 bits per heavy atom. The van der Waals surface area contributed by atoms with Crippen molar-refractivity contribution in [3.63, 3.8) is 0 Å². The van der Waals surface area contributed by atoms with Gasteiger partial charge in [0.25, 0.3) is 0 Å². The molecular formula is C16H33N. The van der Waals surface area contributed by atoms with Crippen LogP contribution in [0.4, 0.5) is 0 Å². The topological polar surface area (TPSA) is 12.0 Å². The van der Waals surface area contributed by atoms with Crippen LogP contribution in [0.25, 0.3) is 0 Å². The van der Waals surface area contributed by atoms with Gasteiger partial charge in [0.1, 0.15) is 0 Å². The molecule has 1 saturated carbocycles. The molecule has 0 bridgehead atoms. The SMILES string of the molecule is CCCNCC(C)(CC(C)CC(C)C)C1CC1. The van der Waals surface area contributed by atoms with Crippen LogP contribution in [0.15, 0.2) is 0 Å². The van der Waals surface area contributed by atoms with Crippen LogP contribution < -0.4 is 5.32 Å². The highest BCUT2D eigenvalue weighted by molar-refractivity contribution is 4.93. The van der Waals surface area contributed by atoms with Crippen LogP contribution >= 0.6 is 0 Å². The van der Waals surface area contributed by atoms with E-state index in [1.807, 2.05) is 0 Å². The van der Waals surface area contributed by atoms with Crippen molar-refractivity contribution in [2.75, 3.05) is 13.1 Å². The molecule has 1 N–H and O–H groups in total. The normalized spacial score (nSPS) is 21.5. The Morgan fingerprint density at radius 2 is 1.88 bits per heavy atom. The summed E-state index contributed by atoms with van der Waals surface area (Å²) in [5.74, 6) is 2.72. The second-order valence-corrected chi connectivity index (χ2v) is 7.04. The Kier molecular flexibility index (Phi) is 5.99. The first-order valence-corrected chi connectivity index (χ1v) is 7.68. The second kappa shape index (κ2) is 6.78. The van der Waals surface area contributed by atoms with Gasteiger partial charge in [-0.3, -0.25) is 0 Å². The van der Waals surface area contributed by atoms with Gasteiger partial charge in [-0.05, 0) is 61.8 Å². The minimum absolute atomic E-state index is 0.559. The third-order valence-electron chi connectivity index (χ3n) is 4.21. The van der Waals surface area contributed by atoms with Crippen LogP contribution in [-0.2, 0) is 0 Å². The summed E-state index contributed by atoms with van der Waals surface area (Å²) in [7, 11) is 0. The molecule has 0 amide bonds. The van der Waals surface area contributed by atoms with Crippen LogP contribution in [0.3, 0.4) is 0 Å². The maximum atomic E-state index is 3.66. The standard InChI is InChI=1S/C16H33N/c1-6-9-17-12-16(5,15-7-8-15)11-14(4)10-13(2)3/h13-15,17H,6-12H2,1-5H3. The smallest absolute Gasteiger partial charge is 0.000791 e. The van der Waals surface area contributed by atoms with E-state index in [-0.39, 0.29) is 0 Å². The largest absolute Gasteiger partial charge is 0.316 e. The molecule has 2 unspecified atom stereocenters. The lowest BCUT2D eigenvalue weighted by molar-refractivity contribution is 0.188. The lowest BCUT2D eigenvalue weighted by Crippen LogP contribution is -2.35. The molecule has 1 nitrogen and oxygen atoms in total. The van der Waals surface area contributed by atoms with Gasteiger partial charge in [0, 0.05) is 6.54 Å². The molecule has 0 aromatic heterocycles. The molecule has 17 heavy (non-hydrogen) atoms. The number of nitrogens with one attached hydrogen (secondary N) is 1. The predicted molar refractivity (Wildman–Crippen MR) is 77.2 cm³/mol. The van der Waals surface area contributed by atoms with E-state index in [0.717, 1.165) is 17.8 Å². The van der Waals surface area contributed by atoms with Crippen LogP contribution in [0.2, 0.25) is 0 Å². The lowest BCUT2D eigenvalue weighted by atomic mass is 9.75. The molecule has 0 radical (unpaired) electrons. The Hall–Kier alpha value is -0.0400. The van der Waals surface area contributed by atoms with Crippen LogP contribution in [-0.4, -0.2) is 13.1 Å². The maximum Gasteiger partial charge on any atom is 0.000791 e. The molecule has 0 aliphatic heterocycles. The summed E-state index contributed by atoms with van der Waals surface area (Å²) in [6.45, 7) is 14.3. The number of rotatable bonds is 9. The Balaban J connectivity index is 2.40. The third-order valence-corrected chi connectivity index (χ3v) is 4.21. The summed E-state index contributed by atoms with van der Waals surface area (Å²) >= 11 is 0. The van der Waals surface area contributed by atoms with Gasteiger partial charge in [-0.15, -0.1) is 0 Å². The van der Waals surface area contributed by atoms with E-state index in [1.54, 1.807) is 0 Å². The van der Waals surface area contributed by atoms with Crippen LogP contribution in [0.1, 0.15) is 66.7 Å². The monoisotopic (exact) mass is 239 g/mol. The molecule has 1 rings (SSSR count). The van der Waals surface area contributed by atoms with E-state index in [2.05, 4.69) is 39.9 Å². The van der Waals surface area contributed by atoms with E-state index in [0.29, 0.717) is 5.41 Å². The number of hydrogen-bond donors (Lipinski definition) is 1. The van der Waals surface area contributed by atoms with Crippen molar-refractivity contribution in [3.8, 4) is 0 Å². The van der Waals surface area contributed by atoms with Gasteiger partial charge < -0.3 is 5.32 Å². The Morgan fingerprint density at radius 1 is 1.24 bits per heavy atom. The summed E-state index contributed by atoms with van der Waals surface area (Å²) in [4.78, 5) is 0. The van der Waals surface area contributed by atoms with Gasteiger partial charge >= 0.3 is 0 Å². The molecule has 0 aromatic rings. The molecule has 0 saturated heterocycles. The third kappa shape index (κ3) is 5.42. The van der Waals surface area contributed by atoms with Gasteiger partial charge in [0.15, 0.2) is 0 Å². The fourth-order valence-corrected chi connectivity index (χ4v) is 3.40. The highest BCUT2D eigenvalue weighted by Gasteiger charge is 2.41. The average Bonchev–Trinajstić information content (AvgIpc) is 2.99. The summed E-state index contributed by atoms with van der Waals surface area (Å²) in [6.07, 6.45) is 6.99. The van der Waals surface area contributed by atoms with Crippen molar-refractivity contribution in [2.45, 2.75) is 66.7 Å². The first-order chi connectivity index (χ1) is 7.98. The van der Waals surface area contributed by atoms with E-state index >= 15 is 0 Å². The molecule has 102 valence electrons. The molecule has 1 aliphatic rings. The molecule has 0 spiro atoms. The van der Waals surface area contributed by atoms with Crippen molar-refractivity contribution < 1.29 is 0 Å². The lowest BCUT2D eigenvalue weighted by Gasteiger charge is -2.33. The van der Waals surface area contributed by atoms with E-state index in [9.17, 15) is 0 Å². The van der Waals surface area contributed by atoms with E-state index in [1.165, 1.54) is 45.2 Å². The molecule has 0 aromatic carbocycles. The summed E-state index contributed by atoms with van der Waals surface area (Å²) in [6, 6.07) is 0. The van der Waals surface area contributed by atoms with Gasteiger partial charge in [-0.1, -0.05) is 34.6 Å². The molecule has 1 heteroatoms. The molecule has 1 aliphatic carbocycles. The summed E-state index contributed by atoms with van der Waals surface area (Å²) < 4.78 is 0. The van der Waals surface area contributed by atoms with Crippen molar-refractivity contribution in [3.05, 3.63) is 0 Å². The zero-order valence-electron chi connectivity index (χ0n) is 12.7. The minimum atomic E-state index is 0.559. The van der Waals surface area contributed by atoms with Gasteiger partial charge in [0.2, 0.25) is 0 Å². The van der Waals surface area contributed by atoms with Crippen molar-refractivity contribution >= 4 is 0 Å².